The van der Waals surface area contributed by atoms with Crippen LogP contribution in [-0.2, 0) is 0 Å². The Kier molecular flexibility index (Phi) is 4.40. The summed E-state index contributed by atoms with van der Waals surface area (Å²) in [6.07, 6.45) is 1.69. The number of ether oxygens (including phenoxy) is 1. The van der Waals surface area contributed by atoms with Gasteiger partial charge < -0.3 is 10.5 Å². The highest BCUT2D eigenvalue weighted by atomic mass is 79.9. The molecule has 1 aromatic carbocycles. The maximum atomic E-state index is 5.87. The lowest BCUT2D eigenvalue weighted by Gasteiger charge is -2.13. The predicted molar refractivity (Wildman–Crippen MR) is 88.6 cm³/mol. The van der Waals surface area contributed by atoms with Crippen LogP contribution in [0.15, 0.2) is 28.9 Å². The molecule has 20 heavy (non-hydrogen) atoms. The molecule has 0 aliphatic rings. The normalized spacial score (nSPS) is 10.4. The molecule has 3 nitrogen and oxygen atoms in total. The lowest BCUT2D eigenvalue weighted by Crippen LogP contribution is -2.13. The molecule has 0 aliphatic heterocycles. The standard InChI is InChI=1S/C15H15BrN2OS/c1-8-4-5-18-15(12(8)14(17)20)19-11-6-9(2)13(16)10(3)7-11/h4-7H,1-3H3,(H2,17,20). The van der Waals surface area contributed by atoms with Crippen LogP contribution in [0.2, 0.25) is 0 Å². The fourth-order valence-electron chi connectivity index (χ4n) is 1.99. The van der Waals surface area contributed by atoms with E-state index in [4.69, 9.17) is 22.7 Å². The molecule has 0 radical (unpaired) electrons. The number of nitrogens with zero attached hydrogens (tertiary/aromatic N) is 1. The van der Waals surface area contributed by atoms with Crippen molar-refractivity contribution >= 4 is 33.1 Å². The third-order valence-corrected chi connectivity index (χ3v) is 4.45. The van der Waals surface area contributed by atoms with Crippen LogP contribution < -0.4 is 10.5 Å². The van der Waals surface area contributed by atoms with E-state index in [0.29, 0.717) is 11.4 Å². The number of aromatic nitrogens is 1. The van der Waals surface area contributed by atoms with E-state index >= 15 is 0 Å². The maximum Gasteiger partial charge on any atom is 0.229 e. The van der Waals surface area contributed by atoms with E-state index in [1.165, 1.54) is 0 Å². The molecule has 2 rings (SSSR count). The van der Waals surface area contributed by atoms with E-state index in [-0.39, 0.29) is 4.99 Å². The third kappa shape index (κ3) is 2.99. The Morgan fingerprint density at radius 3 is 2.35 bits per heavy atom. The maximum absolute atomic E-state index is 5.87. The zero-order chi connectivity index (χ0) is 14.9. The minimum atomic E-state index is 0.288. The largest absolute Gasteiger partial charge is 0.438 e. The van der Waals surface area contributed by atoms with Crippen molar-refractivity contribution in [2.24, 2.45) is 5.73 Å². The summed E-state index contributed by atoms with van der Waals surface area (Å²) in [7, 11) is 0. The second-order valence-electron chi connectivity index (χ2n) is 4.65. The zero-order valence-electron chi connectivity index (χ0n) is 11.5. The number of rotatable bonds is 3. The van der Waals surface area contributed by atoms with E-state index in [1.807, 2.05) is 39.0 Å². The summed E-state index contributed by atoms with van der Waals surface area (Å²) in [6.45, 7) is 5.96. The van der Waals surface area contributed by atoms with Crippen molar-refractivity contribution < 1.29 is 4.74 Å². The van der Waals surface area contributed by atoms with Gasteiger partial charge in [-0.3, -0.25) is 0 Å². The lowest BCUT2D eigenvalue weighted by molar-refractivity contribution is 0.460. The van der Waals surface area contributed by atoms with Crippen molar-refractivity contribution in [3.63, 3.8) is 0 Å². The first-order chi connectivity index (χ1) is 9.40. The molecule has 0 amide bonds. The van der Waals surface area contributed by atoms with Gasteiger partial charge in [0.15, 0.2) is 0 Å². The Morgan fingerprint density at radius 1 is 1.20 bits per heavy atom. The summed E-state index contributed by atoms with van der Waals surface area (Å²) in [5.74, 6) is 1.16. The second kappa shape index (κ2) is 5.89. The van der Waals surface area contributed by atoms with Crippen LogP contribution in [0.1, 0.15) is 22.3 Å². The first kappa shape index (κ1) is 14.9. The Hall–Kier alpha value is -1.46. The molecule has 2 aromatic rings. The lowest BCUT2D eigenvalue weighted by atomic mass is 10.1. The first-order valence-electron chi connectivity index (χ1n) is 6.10. The van der Waals surface area contributed by atoms with Crippen molar-refractivity contribution in [2.75, 3.05) is 0 Å². The predicted octanol–water partition coefficient (Wildman–Crippen LogP) is 4.20. The van der Waals surface area contributed by atoms with Crippen LogP contribution in [-0.4, -0.2) is 9.97 Å². The van der Waals surface area contributed by atoms with Gasteiger partial charge in [-0.25, -0.2) is 4.98 Å². The van der Waals surface area contributed by atoms with E-state index in [9.17, 15) is 0 Å². The molecule has 1 heterocycles. The highest BCUT2D eigenvalue weighted by molar-refractivity contribution is 9.10. The average Bonchev–Trinajstić information content (AvgIpc) is 2.35. The van der Waals surface area contributed by atoms with Crippen LogP contribution in [0.4, 0.5) is 0 Å². The summed E-state index contributed by atoms with van der Waals surface area (Å²) in [5.41, 5.74) is 9.59. The van der Waals surface area contributed by atoms with Crippen LogP contribution in [0.3, 0.4) is 0 Å². The molecule has 0 atom stereocenters. The van der Waals surface area contributed by atoms with Gasteiger partial charge in [-0.05, 0) is 55.7 Å². The van der Waals surface area contributed by atoms with E-state index < -0.39 is 0 Å². The number of hydrogen-bond donors (Lipinski definition) is 1. The SMILES string of the molecule is Cc1cc(Oc2nccc(C)c2C(N)=S)cc(C)c1Br. The molecule has 0 aliphatic carbocycles. The summed E-state index contributed by atoms with van der Waals surface area (Å²) < 4.78 is 6.95. The smallest absolute Gasteiger partial charge is 0.229 e. The minimum Gasteiger partial charge on any atom is -0.438 e. The molecule has 0 saturated heterocycles. The van der Waals surface area contributed by atoms with Crippen molar-refractivity contribution in [3.8, 4) is 11.6 Å². The van der Waals surface area contributed by atoms with Crippen molar-refractivity contribution in [2.45, 2.75) is 20.8 Å². The molecule has 2 N–H and O–H groups in total. The summed E-state index contributed by atoms with van der Waals surface area (Å²) in [5, 5.41) is 0. The van der Waals surface area contributed by atoms with Gasteiger partial charge >= 0.3 is 0 Å². The van der Waals surface area contributed by atoms with Crippen LogP contribution in [0.5, 0.6) is 11.6 Å². The van der Waals surface area contributed by atoms with E-state index in [0.717, 1.165) is 26.9 Å². The Morgan fingerprint density at radius 2 is 1.80 bits per heavy atom. The van der Waals surface area contributed by atoms with Crippen molar-refractivity contribution in [1.29, 1.82) is 0 Å². The molecule has 5 heteroatoms. The average molecular weight is 351 g/mol. The number of nitrogens with two attached hydrogens (primary N) is 1. The molecular weight excluding hydrogens is 336 g/mol. The fraction of sp³-hybridized carbons (Fsp3) is 0.200. The highest BCUT2D eigenvalue weighted by Crippen LogP contribution is 2.30. The number of benzene rings is 1. The fourth-order valence-corrected chi connectivity index (χ4v) is 2.46. The molecule has 0 saturated carbocycles. The van der Waals surface area contributed by atoms with Gasteiger partial charge in [0.2, 0.25) is 5.88 Å². The molecule has 0 spiro atoms. The first-order valence-corrected chi connectivity index (χ1v) is 7.30. The Bertz CT molecular complexity index is 663. The number of halogens is 1. The zero-order valence-corrected chi connectivity index (χ0v) is 13.9. The topological polar surface area (TPSA) is 48.1 Å². The number of aryl methyl sites for hydroxylation is 3. The number of pyridine rings is 1. The van der Waals surface area contributed by atoms with Gasteiger partial charge in [0.1, 0.15) is 10.7 Å². The number of hydrogen-bond acceptors (Lipinski definition) is 3. The third-order valence-electron chi connectivity index (χ3n) is 3.00. The van der Waals surface area contributed by atoms with E-state index in [2.05, 4.69) is 20.9 Å². The molecule has 1 aromatic heterocycles. The molecule has 0 fully saturated rings. The van der Waals surface area contributed by atoms with E-state index in [1.54, 1.807) is 6.20 Å². The number of thiocarbonyl (C=S) groups is 1. The minimum absolute atomic E-state index is 0.288. The van der Waals surface area contributed by atoms with Crippen LogP contribution >= 0.6 is 28.1 Å². The molecule has 0 unspecified atom stereocenters. The molecule has 104 valence electrons. The van der Waals surface area contributed by atoms with Gasteiger partial charge in [-0.2, -0.15) is 0 Å². The van der Waals surface area contributed by atoms with Crippen molar-refractivity contribution in [1.82, 2.24) is 4.98 Å². The monoisotopic (exact) mass is 350 g/mol. The summed E-state index contributed by atoms with van der Waals surface area (Å²) in [4.78, 5) is 4.52. The second-order valence-corrected chi connectivity index (χ2v) is 5.88. The van der Waals surface area contributed by atoms with Gasteiger partial charge in [0, 0.05) is 10.7 Å². The Labute approximate surface area is 132 Å². The van der Waals surface area contributed by atoms with Gasteiger partial charge in [0.05, 0.1) is 5.56 Å². The highest BCUT2D eigenvalue weighted by Gasteiger charge is 2.13. The van der Waals surface area contributed by atoms with Gasteiger partial charge in [-0.1, -0.05) is 28.1 Å². The van der Waals surface area contributed by atoms with Crippen LogP contribution in [0, 0.1) is 20.8 Å². The van der Waals surface area contributed by atoms with Gasteiger partial charge in [0.25, 0.3) is 0 Å². The molecular formula is C15H15BrN2OS. The Balaban J connectivity index is 2.45. The molecule has 0 bridgehead atoms. The van der Waals surface area contributed by atoms with Gasteiger partial charge in [-0.15, -0.1) is 0 Å². The van der Waals surface area contributed by atoms with Crippen molar-refractivity contribution in [3.05, 3.63) is 51.1 Å². The quantitative estimate of drug-likeness (QED) is 0.842. The van der Waals surface area contributed by atoms with Crippen LogP contribution in [0.25, 0.3) is 0 Å². The summed E-state index contributed by atoms with van der Waals surface area (Å²) in [6, 6.07) is 5.76. The summed E-state index contributed by atoms with van der Waals surface area (Å²) >= 11 is 8.61.